The van der Waals surface area contributed by atoms with Gasteiger partial charge in [0.1, 0.15) is 11.8 Å². The maximum Gasteiger partial charge on any atom is 0.338 e. The number of halogens is 1. The Kier molecular flexibility index (Phi) is 6.91. The zero-order chi connectivity index (χ0) is 25.2. The Balaban J connectivity index is 1.78. The molecule has 2 aromatic carbocycles. The van der Waals surface area contributed by atoms with Gasteiger partial charge in [0, 0.05) is 10.4 Å². The van der Waals surface area contributed by atoms with Crippen molar-refractivity contribution >= 4 is 52.0 Å². The SMILES string of the molecule is CCOC(=O)C1=C(c2ccccc2)N=c2s/c(=C/c3ccc(OC)c(Cl)c3)c(=O)n2[C@H]1c1cccs1. The van der Waals surface area contributed by atoms with E-state index in [1.54, 1.807) is 36.8 Å². The van der Waals surface area contributed by atoms with Crippen molar-refractivity contribution in [2.75, 3.05) is 13.7 Å². The molecule has 1 atom stereocenters. The van der Waals surface area contributed by atoms with E-state index >= 15 is 0 Å². The Morgan fingerprint density at radius 2 is 1.97 bits per heavy atom. The predicted molar refractivity (Wildman–Crippen MR) is 143 cm³/mol. The molecule has 1 aliphatic rings. The van der Waals surface area contributed by atoms with Crippen LogP contribution in [0.25, 0.3) is 11.8 Å². The number of aromatic nitrogens is 1. The predicted octanol–water partition coefficient (Wildman–Crippen LogP) is 4.66. The van der Waals surface area contributed by atoms with Gasteiger partial charge in [0.05, 0.1) is 34.5 Å². The summed E-state index contributed by atoms with van der Waals surface area (Å²) in [7, 11) is 1.55. The molecular weight excluding hydrogens is 516 g/mol. The first-order chi connectivity index (χ1) is 17.5. The molecule has 0 saturated carbocycles. The van der Waals surface area contributed by atoms with Gasteiger partial charge in [0.2, 0.25) is 0 Å². The average Bonchev–Trinajstić information content (AvgIpc) is 3.52. The van der Waals surface area contributed by atoms with E-state index in [1.165, 1.54) is 22.7 Å². The van der Waals surface area contributed by atoms with Gasteiger partial charge in [0.15, 0.2) is 4.80 Å². The summed E-state index contributed by atoms with van der Waals surface area (Å²) < 4.78 is 12.8. The van der Waals surface area contributed by atoms with Crippen molar-refractivity contribution in [2.24, 2.45) is 4.99 Å². The second-order valence-electron chi connectivity index (χ2n) is 7.84. The minimum Gasteiger partial charge on any atom is -0.495 e. The molecule has 0 bridgehead atoms. The van der Waals surface area contributed by atoms with Crippen LogP contribution in [0.2, 0.25) is 5.02 Å². The van der Waals surface area contributed by atoms with Crippen molar-refractivity contribution < 1.29 is 14.3 Å². The van der Waals surface area contributed by atoms with Crippen LogP contribution in [0.1, 0.15) is 29.0 Å². The lowest BCUT2D eigenvalue weighted by molar-refractivity contribution is -0.138. The fraction of sp³-hybridized carbons (Fsp3) is 0.148. The average molecular weight is 537 g/mol. The number of hydrogen-bond acceptors (Lipinski definition) is 7. The molecule has 0 unspecified atom stereocenters. The normalized spacial score (nSPS) is 15.4. The van der Waals surface area contributed by atoms with Crippen LogP contribution in [0.5, 0.6) is 5.75 Å². The molecule has 0 spiro atoms. The number of thiazole rings is 1. The zero-order valence-electron chi connectivity index (χ0n) is 19.4. The smallest absolute Gasteiger partial charge is 0.338 e. The van der Waals surface area contributed by atoms with Gasteiger partial charge < -0.3 is 9.47 Å². The number of ether oxygens (including phenoxy) is 2. The lowest BCUT2D eigenvalue weighted by Crippen LogP contribution is -2.39. The number of benzene rings is 2. The van der Waals surface area contributed by atoms with Crippen molar-refractivity contribution in [3.8, 4) is 5.75 Å². The molecule has 4 aromatic rings. The molecule has 6 nitrogen and oxygen atoms in total. The number of fused-ring (bicyclic) bond motifs is 1. The number of methoxy groups -OCH3 is 1. The molecule has 0 N–H and O–H groups in total. The molecule has 182 valence electrons. The first-order valence-corrected chi connectivity index (χ1v) is 13.2. The van der Waals surface area contributed by atoms with Gasteiger partial charge in [-0.3, -0.25) is 9.36 Å². The number of hydrogen-bond donors (Lipinski definition) is 0. The molecule has 0 saturated heterocycles. The standard InChI is InChI=1S/C27H21ClN2O4S2/c1-3-34-26(32)22-23(17-8-5-4-6-9-17)29-27-30(24(22)20-10-7-13-35-20)25(31)21(36-27)15-16-11-12-19(33-2)18(28)14-16/h4-15,24H,3H2,1-2H3/b21-15+/t24-/m0/s1. The van der Waals surface area contributed by atoms with Gasteiger partial charge in [-0.2, -0.15) is 0 Å². The Morgan fingerprint density at radius 3 is 2.64 bits per heavy atom. The third-order valence-electron chi connectivity index (χ3n) is 5.66. The molecule has 36 heavy (non-hydrogen) atoms. The topological polar surface area (TPSA) is 69.9 Å². The second-order valence-corrected chi connectivity index (χ2v) is 10.2. The van der Waals surface area contributed by atoms with Crippen LogP contribution in [0.15, 0.2) is 81.4 Å². The van der Waals surface area contributed by atoms with Gasteiger partial charge in [0.25, 0.3) is 5.56 Å². The highest BCUT2D eigenvalue weighted by atomic mass is 35.5. The summed E-state index contributed by atoms with van der Waals surface area (Å²) in [4.78, 5) is 33.3. The molecular formula is C27H21ClN2O4S2. The highest BCUT2D eigenvalue weighted by Gasteiger charge is 2.35. The Morgan fingerprint density at radius 1 is 1.17 bits per heavy atom. The number of nitrogens with zero attached hydrogens (tertiary/aromatic N) is 2. The molecule has 3 heterocycles. The fourth-order valence-corrected chi connectivity index (χ4v) is 6.17. The molecule has 2 aromatic heterocycles. The van der Waals surface area contributed by atoms with Crippen LogP contribution in [0, 0.1) is 0 Å². The van der Waals surface area contributed by atoms with Crippen molar-refractivity contribution in [3.63, 3.8) is 0 Å². The number of carbonyl (C=O) groups excluding carboxylic acids is 1. The summed E-state index contributed by atoms with van der Waals surface area (Å²) in [5, 5.41) is 2.38. The van der Waals surface area contributed by atoms with Crippen LogP contribution in [-0.4, -0.2) is 24.3 Å². The van der Waals surface area contributed by atoms with Crippen molar-refractivity contribution in [1.29, 1.82) is 0 Å². The third kappa shape index (κ3) is 4.43. The molecule has 0 fully saturated rings. The first-order valence-electron chi connectivity index (χ1n) is 11.2. The fourth-order valence-electron chi connectivity index (χ4n) is 4.08. The quantitative estimate of drug-likeness (QED) is 0.336. The summed E-state index contributed by atoms with van der Waals surface area (Å²) in [5.74, 6) is 0.0641. The maximum atomic E-state index is 13.8. The van der Waals surface area contributed by atoms with Crippen molar-refractivity contribution in [1.82, 2.24) is 4.57 Å². The number of carbonyl (C=O) groups is 1. The van der Waals surface area contributed by atoms with E-state index in [4.69, 9.17) is 26.1 Å². The second kappa shape index (κ2) is 10.3. The van der Waals surface area contributed by atoms with Crippen LogP contribution in [0.4, 0.5) is 0 Å². The van der Waals surface area contributed by atoms with E-state index in [1.807, 2.05) is 53.9 Å². The maximum absolute atomic E-state index is 13.8. The van der Waals surface area contributed by atoms with Gasteiger partial charge in [-0.1, -0.05) is 65.4 Å². The van der Waals surface area contributed by atoms with E-state index in [2.05, 4.69) is 0 Å². The third-order valence-corrected chi connectivity index (χ3v) is 7.86. The van der Waals surface area contributed by atoms with Gasteiger partial charge >= 0.3 is 5.97 Å². The van der Waals surface area contributed by atoms with Crippen molar-refractivity contribution in [3.05, 3.63) is 112 Å². The molecule has 0 radical (unpaired) electrons. The van der Waals surface area contributed by atoms with E-state index in [0.717, 1.165) is 16.0 Å². The summed E-state index contributed by atoms with van der Waals surface area (Å²) in [6, 6.07) is 18.0. The highest BCUT2D eigenvalue weighted by Crippen LogP contribution is 2.36. The van der Waals surface area contributed by atoms with E-state index in [-0.39, 0.29) is 12.2 Å². The molecule has 0 aliphatic carbocycles. The summed E-state index contributed by atoms with van der Waals surface area (Å²) in [6.07, 6.45) is 1.77. The van der Waals surface area contributed by atoms with E-state index in [9.17, 15) is 9.59 Å². The summed E-state index contributed by atoms with van der Waals surface area (Å²) >= 11 is 9.05. The molecule has 9 heteroatoms. The lowest BCUT2D eigenvalue weighted by Gasteiger charge is -2.24. The lowest BCUT2D eigenvalue weighted by atomic mass is 9.97. The Hall–Kier alpha value is -3.46. The minimum atomic E-state index is -0.655. The van der Waals surface area contributed by atoms with Crippen molar-refractivity contribution in [2.45, 2.75) is 13.0 Å². The molecule has 1 aliphatic heterocycles. The van der Waals surface area contributed by atoms with E-state index < -0.39 is 12.0 Å². The van der Waals surface area contributed by atoms with Crippen LogP contribution >= 0.6 is 34.3 Å². The molecule has 5 rings (SSSR count). The number of thiophene rings is 1. The highest BCUT2D eigenvalue weighted by molar-refractivity contribution is 7.10. The van der Waals surface area contributed by atoms with Crippen LogP contribution < -0.4 is 19.6 Å². The van der Waals surface area contributed by atoms with Gasteiger partial charge in [-0.25, -0.2) is 9.79 Å². The van der Waals surface area contributed by atoms with Crippen LogP contribution in [-0.2, 0) is 9.53 Å². The zero-order valence-corrected chi connectivity index (χ0v) is 21.8. The Bertz CT molecular complexity index is 1640. The Labute approximate surface area is 220 Å². The van der Waals surface area contributed by atoms with Crippen LogP contribution in [0.3, 0.4) is 0 Å². The first kappa shape index (κ1) is 24.2. The largest absolute Gasteiger partial charge is 0.495 e. The minimum absolute atomic E-state index is 0.213. The summed E-state index contributed by atoms with van der Waals surface area (Å²) in [5.41, 5.74) is 2.15. The van der Waals surface area contributed by atoms with Gasteiger partial charge in [-0.15, -0.1) is 11.3 Å². The van der Waals surface area contributed by atoms with Gasteiger partial charge in [-0.05, 0) is 42.1 Å². The number of rotatable bonds is 6. The monoisotopic (exact) mass is 536 g/mol. The van der Waals surface area contributed by atoms with E-state index in [0.29, 0.717) is 31.4 Å². The number of esters is 1. The molecule has 0 amide bonds. The summed E-state index contributed by atoms with van der Waals surface area (Å²) in [6.45, 7) is 1.97.